The van der Waals surface area contributed by atoms with Gasteiger partial charge < -0.3 is 4.74 Å². The minimum atomic E-state index is -0.809. The van der Waals surface area contributed by atoms with Crippen LogP contribution in [0.5, 0.6) is 0 Å². The summed E-state index contributed by atoms with van der Waals surface area (Å²) in [4.78, 5) is 14.1. The van der Waals surface area contributed by atoms with Crippen molar-refractivity contribution in [1.82, 2.24) is 5.43 Å². The third-order valence-corrected chi connectivity index (χ3v) is 2.10. The molecule has 0 radical (unpaired) electrons. The van der Waals surface area contributed by atoms with Crippen LogP contribution >= 0.6 is 0 Å². The molecule has 0 amide bonds. The van der Waals surface area contributed by atoms with E-state index in [0.29, 0.717) is 6.42 Å². The minimum Gasteiger partial charge on any atom is -0.447 e. The van der Waals surface area contributed by atoms with E-state index in [0.717, 1.165) is 5.56 Å². The van der Waals surface area contributed by atoms with Gasteiger partial charge in [-0.15, -0.1) is 5.53 Å². The highest BCUT2D eigenvalue weighted by molar-refractivity contribution is 5.76. The van der Waals surface area contributed by atoms with Gasteiger partial charge in [0.25, 0.3) is 0 Å². The maximum absolute atomic E-state index is 11.6. The summed E-state index contributed by atoms with van der Waals surface area (Å²) < 4.78 is 4.68. The second-order valence-electron chi connectivity index (χ2n) is 3.33. The Morgan fingerprint density at radius 1 is 1.56 bits per heavy atom. The Morgan fingerprint density at radius 3 is 2.89 bits per heavy atom. The molecule has 0 fully saturated rings. The normalized spacial score (nSPS) is 10.6. The van der Waals surface area contributed by atoms with Gasteiger partial charge in [-0.1, -0.05) is 30.3 Å². The fourth-order valence-corrected chi connectivity index (χ4v) is 1.33. The molecule has 0 spiro atoms. The average molecular weight is 245 g/mol. The zero-order valence-corrected chi connectivity index (χ0v) is 9.48. The minimum absolute atomic E-state index is 0.310. The van der Waals surface area contributed by atoms with Gasteiger partial charge in [0.05, 0.1) is 0 Å². The van der Waals surface area contributed by atoms with Gasteiger partial charge >= 0.3 is 5.97 Å². The lowest BCUT2D eigenvalue weighted by atomic mass is 10.1. The molecule has 1 atom stereocenters. The summed E-state index contributed by atoms with van der Waals surface area (Å²) in [6.45, 7) is -0.331. The second kappa shape index (κ2) is 7.54. The van der Waals surface area contributed by atoms with Crippen LogP contribution in [0.2, 0.25) is 0 Å². The van der Waals surface area contributed by atoms with Crippen LogP contribution in [-0.4, -0.2) is 18.6 Å². The van der Waals surface area contributed by atoms with Crippen LogP contribution in [0.1, 0.15) is 5.56 Å². The molecule has 0 heterocycles. The van der Waals surface area contributed by atoms with E-state index >= 15 is 0 Å². The Morgan fingerprint density at radius 2 is 2.28 bits per heavy atom. The third-order valence-electron chi connectivity index (χ3n) is 2.10. The summed E-state index contributed by atoms with van der Waals surface area (Å²) in [5.41, 5.74) is 11.5. The zero-order valence-electron chi connectivity index (χ0n) is 9.48. The molecule has 0 unspecified atom stereocenters. The Kier molecular flexibility index (Phi) is 5.60. The molecule has 0 aliphatic rings. The molecule has 7 heteroatoms. The summed E-state index contributed by atoms with van der Waals surface area (Å²) in [6, 6.07) is 10.1. The smallest absolute Gasteiger partial charge is 0.352 e. The predicted molar refractivity (Wildman–Crippen MR) is 62.8 cm³/mol. The molecule has 18 heavy (non-hydrogen) atoms. The Hall–Kier alpha value is -2.71. The molecule has 1 N–H and O–H groups in total. The number of hydrogen-bond acceptors (Lipinski definition) is 4. The van der Waals surface area contributed by atoms with Crippen LogP contribution in [-0.2, 0) is 16.0 Å². The molecule has 0 saturated heterocycles. The van der Waals surface area contributed by atoms with Crippen molar-refractivity contribution in [1.29, 1.82) is 5.26 Å². The van der Waals surface area contributed by atoms with E-state index in [2.05, 4.69) is 20.3 Å². The standard InChI is InChI=1S/C11H11N5O2/c12-6-7-18-11(17)10(14-16-15-13)8-9-4-2-1-3-5-9/h1-5,10,14H,7-8H2/t10-/m0/s1. The van der Waals surface area contributed by atoms with Crippen molar-refractivity contribution >= 4 is 5.97 Å². The zero-order chi connectivity index (χ0) is 13.2. The van der Waals surface area contributed by atoms with E-state index in [-0.39, 0.29) is 6.61 Å². The second-order valence-corrected chi connectivity index (χ2v) is 3.33. The highest BCUT2D eigenvalue weighted by Gasteiger charge is 2.22. The third kappa shape index (κ3) is 4.43. The lowest BCUT2D eigenvalue weighted by molar-refractivity contribution is -0.144. The van der Waals surface area contributed by atoms with Crippen molar-refractivity contribution in [2.24, 2.45) is 5.22 Å². The number of carbonyl (C=O) groups is 1. The molecule has 7 nitrogen and oxygen atoms in total. The molecule has 92 valence electrons. The van der Waals surface area contributed by atoms with E-state index in [1.54, 1.807) is 6.07 Å². The van der Waals surface area contributed by atoms with Crippen molar-refractivity contribution in [2.45, 2.75) is 12.5 Å². The Bertz CT molecular complexity index is 476. The first-order valence-electron chi connectivity index (χ1n) is 5.15. The van der Waals surface area contributed by atoms with E-state index in [4.69, 9.17) is 10.8 Å². The molecular formula is C11H11N5O2. The van der Waals surface area contributed by atoms with Crippen LogP contribution in [0.25, 0.3) is 10.4 Å². The summed E-state index contributed by atoms with van der Waals surface area (Å²) in [6.07, 6.45) is 0.310. The van der Waals surface area contributed by atoms with Gasteiger partial charge in [-0.25, -0.2) is 10.2 Å². The first-order valence-corrected chi connectivity index (χ1v) is 5.15. The quantitative estimate of drug-likeness (QED) is 0.269. The van der Waals surface area contributed by atoms with Crippen LogP contribution in [0, 0.1) is 11.3 Å². The number of esters is 1. The van der Waals surface area contributed by atoms with E-state index < -0.39 is 12.0 Å². The predicted octanol–water partition coefficient (Wildman–Crippen LogP) is 1.48. The van der Waals surface area contributed by atoms with Crippen molar-refractivity contribution in [3.63, 3.8) is 0 Å². The van der Waals surface area contributed by atoms with Gasteiger partial charge in [0.15, 0.2) is 12.6 Å². The number of nitriles is 1. The van der Waals surface area contributed by atoms with Crippen LogP contribution < -0.4 is 5.43 Å². The molecule has 1 aromatic rings. The Labute approximate surface area is 104 Å². The molecule has 1 rings (SSSR count). The van der Waals surface area contributed by atoms with Gasteiger partial charge in [-0.2, -0.15) is 10.2 Å². The van der Waals surface area contributed by atoms with Crippen molar-refractivity contribution in [2.75, 3.05) is 6.61 Å². The van der Waals surface area contributed by atoms with Crippen molar-refractivity contribution in [3.8, 4) is 6.07 Å². The number of ether oxygens (including phenoxy) is 1. The average Bonchev–Trinajstić information content (AvgIpc) is 2.42. The monoisotopic (exact) mass is 245 g/mol. The number of azide groups is 1. The summed E-state index contributed by atoms with van der Waals surface area (Å²) >= 11 is 0. The molecule has 0 aromatic heterocycles. The highest BCUT2D eigenvalue weighted by Crippen LogP contribution is 2.04. The number of benzene rings is 1. The van der Waals surface area contributed by atoms with Crippen LogP contribution in [0.4, 0.5) is 0 Å². The number of nitrogens with one attached hydrogen (secondary N) is 1. The molecule has 0 aliphatic heterocycles. The Balaban J connectivity index is 2.69. The molecule has 1 aromatic carbocycles. The number of hydrogen-bond donors (Lipinski definition) is 1. The molecule has 0 bridgehead atoms. The maximum atomic E-state index is 11.6. The number of nitrogens with zero attached hydrogens (tertiary/aromatic N) is 4. The lowest BCUT2D eigenvalue weighted by Crippen LogP contribution is -2.36. The largest absolute Gasteiger partial charge is 0.447 e. The fourth-order valence-electron chi connectivity index (χ4n) is 1.33. The summed E-state index contributed by atoms with van der Waals surface area (Å²) in [5.74, 6) is -0.632. The van der Waals surface area contributed by atoms with E-state index in [1.165, 1.54) is 0 Å². The fraction of sp³-hybridized carbons (Fsp3) is 0.273. The topological polar surface area (TPSA) is 111 Å². The van der Waals surface area contributed by atoms with Gasteiger partial charge in [-0.3, -0.25) is 0 Å². The number of rotatable bonds is 6. The lowest BCUT2D eigenvalue weighted by Gasteiger charge is -2.11. The first-order chi connectivity index (χ1) is 8.77. The first kappa shape index (κ1) is 13.4. The van der Waals surface area contributed by atoms with Crippen LogP contribution in [0.15, 0.2) is 35.6 Å². The SMILES string of the molecule is N#CCOC(=O)[C@H](Cc1ccccc1)NN=[N+]=[N-]. The van der Waals surface area contributed by atoms with Crippen molar-refractivity contribution < 1.29 is 9.53 Å². The van der Waals surface area contributed by atoms with Gasteiger partial charge in [0.1, 0.15) is 6.07 Å². The molecular weight excluding hydrogens is 234 g/mol. The van der Waals surface area contributed by atoms with Crippen LogP contribution in [0.3, 0.4) is 0 Å². The number of carbonyl (C=O) groups excluding carboxylic acids is 1. The summed E-state index contributed by atoms with van der Waals surface area (Å²) in [5, 5.41) is 11.5. The summed E-state index contributed by atoms with van der Waals surface area (Å²) in [7, 11) is 0. The molecule has 0 saturated carbocycles. The highest BCUT2D eigenvalue weighted by atomic mass is 16.5. The van der Waals surface area contributed by atoms with Crippen molar-refractivity contribution in [3.05, 3.63) is 46.3 Å². The van der Waals surface area contributed by atoms with Gasteiger partial charge in [0, 0.05) is 6.42 Å². The van der Waals surface area contributed by atoms with E-state index in [1.807, 2.05) is 30.3 Å². The van der Waals surface area contributed by atoms with Gasteiger partial charge in [-0.05, 0) is 10.8 Å². The van der Waals surface area contributed by atoms with E-state index in [9.17, 15) is 4.79 Å². The maximum Gasteiger partial charge on any atom is 0.352 e. The van der Waals surface area contributed by atoms with Gasteiger partial charge in [0.2, 0.25) is 0 Å². The molecule has 0 aliphatic carbocycles.